The summed E-state index contributed by atoms with van der Waals surface area (Å²) in [6.07, 6.45) is -0.653. The number of hydrogen-bond acceptors (Lipinski definition) is 5. The molecular weight excluding hydrogens is 288 g/mol. The van der Waals surface area contributed by atoms with Gasteiger partial charge in [0.05, 0.1) is 19.9 Å². The number of ether oxygens (including phenoxy) is 3. The van der Waals surface area contributed by atoms with Crippen LogP contribution in [-0.2, 0) is 9.53 Å². The Bertz CT molecular complexity index is 537. The highest BCUT2D eigenvalue weighted by Crippen LogP contribution is 2.28. The molecule has 0 saturated carbocycles. The maximum atomic E-state index is 11.9. The van der Waals surface area contributed by atoms with Crippen LogP contribution in [0.15, 0.2) is 18.2 Å². The van der Waals surface area contributed by atoms with E-state index >= 15 is 0 Å². The molecule has 0 aliphatic carbocycles. The molecule has 0 atom stereocenters. The number of amides is 2. The van der Waals surface area contributed by atoms with Gasteiger partial charge in [-0.25, -0.2) is 4.79 Å². The van der Waals surface area contributed by atoms with Crippen LogP contribution < -0.4 is 20.1 Å². The third kappa shape index (κ3) is 5.90. The summed E-state index contributed by atoms with van der Waals surface area (Å²) in [5, 5.41) is 5.02. The molecule has 0 aromatic heterocycles. The van der Waals surface area contributed by atoms with Crippen molar-refractivity contribution >= 4 is 17.7 Å². The van der Waals surface area contributed by atoms with Gasteiger partial charge in [0.15, 0.2) is 0 Å². The lowest BCUT2D eigenvalue weighted by Crippen LogP contribution is -2.37. The second-order valence-corrected chi connectivity index (χ2v) is 5.47. The van der Waals surface area contributed by atoms with E-state index in [4.69, 9.17) is 14.2 Å². The van der Waals surface area contributed by atoms with E-state index in [1.807, 2.05) is 0 Å². The van der Waals surface area contributed by atoms with Crippen molar-refractivity contribution in [1.82, 2.24) is 5.32 Å². The van der Waals surface area contributed by atoms with E-state index in [1.54, 1.807) is 39.0 Å². The third-order valence-corrected chi connectivity index (χ3v) is 2.47. The predicted molar refractivity (Wildman–Crippen MR) is 82.4 cm³/mol. The van der Waals surface area contributed by atoms with Crippen molar-refractivity contribution in [2.24, 2.45) is 0 Å². The highest BCUT2D eigenvalue weighted by atomic mass is 16.6. The van der Waals surface area contributed by atoms with Crippen LogP contribution in [0.3, 0.4) is 0 Å². The first-order valence-corrected chi connectivity index (χ1v) is 6.74. The Kier molecular flexibility index (Phi) is 6.03. The van der Waals surface area contributed by atoms with Crippen LogP contribution in [0.1, 0.15) is 20.8 Å². The van der Waals surface area contributed by atoms with Gasteiger partial charge in [-0.1, -0.05) is 0 Å². The Morgan fingerprint density at radius 3 is 2.36 bits per heavy atom. The van der Waals surface area contributed by atoms with Crippen LogP contribution in [0.5, 0.6) is 11.5 Å². The molecule has 22 heavy (non-hydrogen) atoms. The van der Waals surface area contributed by atoms with Crippen LogP contribution >= 0.6 is 0 Å². The first-order chi connectivity index (χ1) is 10.2. The summed E-state index contributed by atoms with van der Waals surface area (Å²) in [5.41, 5.74) is -0.158. The largest absolute Gasteiger partial charge is 0.497 e. The summed E-state index contributed by atoms with van der Waals surface area (Å²) < 4.78 is 15.3. The minimum absolute atomic E-state index is 0.213. The average molecular weight is 310 g/mol. The average Bonchev–Trinajstić information content (AvgIpc) is 2.43. The number of carbonyl (C=O) groups excluding carboxylic acids is 2. The molecule has 7 nitrogen and oxygen atoms in total. The Morgan fingerprint density at radius 1 is 1.14 bits per heavy atom. The zero-order valence-electron chi connectivity index (χ0n) is 13.5. The number of alkyl carbamates (subject to hydrolysis) is 1. The molecule has 0 unspecified atom stereocenters. The summed E-state index contributed by atoms with van der Waals surface area (Å²) in [7, 11) is 3.02. The minimum Gasteiger partial charge on any atom is -0.497 e. The maximum absolute atomic E-state index is 11.9. The van der Waals surface area contributed by atoms with Crippen molar-refractivity contribution in [3.8, 4) is 11.5 Å². The summed E-state index contributed by atoms with van der Waals surface area (Å²) >= 11 is 0. The lowest BCUT2D eigenvalue weighted by Gasteiger charge is -2.19. The normalized spacial score (nSPS) is 10.6. The molecule has 0 heterocycles. The lowest BCUT2D eigenvalue weighted by atomic mass is 10.2. The first-order valence-electron chi connectivity index (χ1n) is 6.74. The molecule has 1 aromatic rings. The summed E-state index contributed by atoms with van der Waals surface area (Å²) in [6, 6.07) is 5.02. The van der Waals surface area contributed by atoms with E-state index in [2.05, 4.69) is 10.6 Å². The van der Waals surface area contributed by atoms with Crippen molar-refractivity contribution in [3.05, 3.63) is 18.2 Å². The first kappa shape index (κ1) is 17.6. The fraction of sp³-hybridized carbons (Fsp3) is 0.467. The van der Waals surface area contributed by atoms with Crippen LogP contribution in [-0.4, -0.2) is 38.4 Å². The van der Waals surface area contributed by atoms with Gasteiger partial charge in [-0.15, -0.1) is 0 Å². The molecule has 0 radical (unpaired) electrons. The van der Waals surface area contributed by atoms with E-state index in [-0.39, 0.29) is 6.54 Å². The van der Waals surface area contributed by atoms with E-state index in [0.29, 0.717) is 17.2 Å². The molecule has 7 heteroatoms. The number of rotatable bonds is 5. The Balaban J connectivity index is 2.60. The Morgan fingerprint density at radius 2 is 1.82 bits per heavy atom. The van der Waals surface area contributed by atoms with Gasteiger partial charge in [0.2, 0.25) is 5.91 Å². The lowest BCUT2D eigenvalue weighted by molar-refractivity contribution is -0.115. The van der Waals surface area contributed by atoms with E-state index in [0.717, 1.165) is 0 Å². The van der Waals surface area contributed by atoms with Crippen molar-refractivity contribution in [2.75, 3.05) is 26.1 Å². The molecule has 0 aliphatic heterocycles. The number of anilines is 1. The molecule has 0 bridgehead atoms. The fourth-order valence-corrected chi connectivity index (χ4v) is 1.57. The Hall–Kier alpha value is -2.44. The van der Waals surface area contributed by atoms with Gasteiger partial charge in [0.1, 0.15) is 23.6 Å². The fourth-order valence-electron chi connectivity index (χ4n) is 1.57. The SMILES string of the molecule is COc1ccc(OC)c(NC(=O)CNC(=O)OC(C)(C)C)c1. The van der Waals surface area contributed by atoms with Crippen LogP contribution in [0, 0.1) is 0 Å². The maximum Gasteiger partial charge on any atom is 0.408 e. The molecule has 2 N–H and O–H groups in total. The molecule has 0 saturated heterocycles. The molecule has 0 aliphatic rings. The summed E-state index contributed by atoms with van der Waals surface area (Å²) in [5.74, 6) is 0.667. The number of nitrogens with one attached hydrogen (secondary N) is 2. The second-order valence-electron chi connectivity index (χ2n) is 5.47. The van der Waals surface area contributed by atoms with Gasteiger partial charge in [-0.2, -0.15) is 0 Å². The van der Waals surface area contributed by atoms with Gasteiger partial charge < -0.3 is 24.8 Å². The topological polar surface area (TPSA) is 85.9 Å². The standard InChI is InChI=1S/C15H22N2O5/c1-15(2,3)22-14(19)16-9-13(18)17-11-8-10(20-4)6-7-12(11)21-5/h6-8H,9H2,1-5H3,(H,16,19)(H,17,18). The smallest absolute Gasteiger partial charge is 0.408 e. The molecular formula is C15H22N2O5. The number of hydrogen-bond donors (Lipinski definition) is 2. The van der Waals surface area contributed by atoms with Gasteiger partial charge >= 0.3 is 6.09 Å². The van der Waals surface area contributed by atoms with Crippen LogP contribution in [0.25, 0.3) is 0 Å². The van der Waals surface area contributed by atoms with E-state index in [9.17, 15) is 9.59 Å². The van der Waals surface area contributed by atoms with Crippen molar-refractivity contribution in [2.45, 2.75) is 26.4 Å². The van der Waals surface area contributed by atoms with Crippen molar-refractivity contribution in [3.63, 3.8) is 0 Å². The zero-order valence-corrected chi connectivity index (χ0v) is 13.5. The van der Waals surface area contributed by atoms with Gasteiger partial charge in [-0.05, 0) is 32.9 Å². The van der Waals surface area contributed by atoms with Crippen LogP contribution in [0.2, 0.25) is 0 Å². The van der Waals surface area contributed by atoms with Crippen molar-refractivity contribution < 1.29 is 23.8 Å². The predicted octanol–water partition coefficient (Wildman–Crippen LogP) is 2.17. The second kappa shape index (κ2) is 7.53. The molecule has 1 rings (SSSR count). The number of methoxy groups -OCH3 is 2. The third-order valence-electron chi connectivity index (χ3n) is 2.47. The minimum atomic E-state index is -0.653. The monoisotopic (exact) mass is 310 g/mol. The zero-order chi connectivity index (χ0) is 16.8. The van der Waals surface area contributed by atoms with Crippen molar-refractivity contribution in [1.29, 1.82) is 0 Å². The molecule has 0 spiro atoms. The summed E-state index contributed by atoms with van der Waals surface area (Å²) in [4.78, 5) is 23.4. The van der Waals surface area contributed by atoms with E-state index in [1.165, 1.54) is 14.2 Å². The quantitative estimate of drug-likeness (QED) is 0.870. The van der Waals surface area contributed by atoms with Gasteiger partial charge in [0.25, 0.3) is 0 Å². The summed E-state index contributed by atoms with van der Waals surface area (Å²) in [6.45, 7) is 5.02. The molecule has 1 aromatic carbocycles. The molecule has 2 amide bonds. The molecule has 122 valence electrons. The van der Waals surface area contributed by atoms with Gasteiger partial charge in [-0.3, -0.25) is 4.79 Å². The number of carbonyl (C=O) groups is 2. The molecule has 0 fully saturated rings. The highest BCUT2D eigenvalue weighted by Gasteiger charge is 2.17. The van der Waals surface area contributed by atoms with Crippen LogP contribution in [0.4, 0.5) is 10.5 Å². The Labute approximate surface area is 129 Å². The number of benzene rings is 1. The van der Waals surface area contributed by atoms with E-state index < -0.39 is 17.6 Å². The van der Waals surface area contributed by atoms with Gasteiger partial charge in [0, 0.05) is 6.07 Å². The highest BCUT2D eigenvalue weighted by molar-refractivity contribution is 5.95.